The van der Waals surface area contributed by atoms with Crippen molar-refractivity contribution in [1.82, 2.24) is 5.32 Å². The van der Waals surface area contributed by atoms with Crippen LogP contribution < -0.4 is 5.32 Å². The van der Waals surface area contributed by atoms with E-state index in [1.165, 1.54) is 32.4 Å². The highest BCUT2D eigenvalue weighted by atomic mass is 28.1. The summed E-state index contributed by atoms with van der Waals surface area (Å²) in [6.45, 7) is 2.50. The molecule has 0 saturated carbocycles. The van der Waals surface area contributed by atoms with E-state index in [-0.39, 0.29) is 11.0 Å². The molecule has 0 bridgehead atoms. The highest BCUT2D eigenvalue weighted by Gasteiger charge is 1.93. The van der Waals surface area contributed by atoms with Gasteiger partial charge in [-0.3, -0.25) is 0 Å². The molecule has 1 saturated heterocycles. The van der Waals surface area contributed by atoms with Crippen molar-refractivity contribution in [2.45, 2.75) is 19.3 Å². The first-order chi connectivity index (χ1) is 3.00. The first kappa shape index (κ1) is 7.18. The van der Waals surface area contributed by atoms with Crippen molar-refractivity contribution >= 4 is 11.0 Å². The molecule has 0 amide bonds. The Morgan fingerprint density at radius 2 is 1.43 bits per heavy atom. The number of hydrogen-bond acceptors (Lipinski definition) is 1. The molecule has 7 heavy (non-hydrogen) atoms. The minimum atomic E-state index is 0. The van der Waals surface area contributed by atoms with E-state index in [1.54, 1.807) is 0 Å². The molecule has 1 aliphatic rings. The molecule has 0 aromatic heterocycles. The Bertz CT molecular complexity index is 23.6. The van der Waals surface area contributed by atoms with Crippen LogP contribution in [0.25, 0.3) is 0 Å². The zero-order valence-electron chi connectivity index (χ0n) is 4.04. The van der Waals surface area contributed by atoms with Crippen molar-refractivity contribution in [3.8, 4) is 0 Å². The maximum Gasteiger partial charge on any atom is -0.00489 e. The van der Waals surface area contributed by atoms with E-state index in [2.05, 4.69) is 5.32 Å². The quantitative estimate of drug-likeness (QED) is 0.414. The molecule has 1 heterocycles. The van der Waals surface area contributed by atoms with Crippen LogP contribution >= 0.6 is 0 Å². The Morgan fingerprint density at radius 1 is 0.857 bits per heavy atom. The average molecular weight is 117 g/mol. The van der Waals surface area contributed by atoms with Crippen LogP contribution in [0.2, 0.25) is 0 Å². The van der Waals surface area contributed by atoms with Gasteiger partial charge in [0.05, 0.1) is 0 Å². The Kier molecular flexibility index (Phi) is 4.45. The third-order valence-electron chi connectivity index (χ3n) is 1.21. The molecule has 2 heteroatoms. The Labute approximate surface area is 49.5 Å². The van der Waals surface area contributed by atoms with Crippen molar-refractivity contribution in [1.29, 1.82) is 0 Å². The van der Waals surface area contributed by atoms with E-state index in [1.807, 2.05) is 0 Å². The van der Waals surface area contributed by atoms with Crippen molar-refractivity contribution in [3.63, 3.8) is 0 Å². The fraction of sp³-hybridized carbons (Fsp3) is 1.00. The highest BCUT2D eigenvalue weighted by Crippen LogP contribution is 1.96. The maximum absolute atomic E-state index is 3.28. The van der Waals surface area contributed by atoms with Crippen LogP contribution in [-0.4, -0.2) is 24.1 Å². The van der Waals surface area contributed by atoms with Gasteiger partial charge in [0.15, 0.2) is 0 Å². The van der Waals surface area contributed by atoms with Crippen LogP contribution in [0.5, 0.6) is 0 Å². The summed E-state index contributed by atoms with van der Waals surface area (Å²) in [5.41, 5.74) is 0. The summed E-state index contributed by atoms with van der Waals surface area (Å²) >= 11 is 0. The fourth-order valence-electron chi connectivity index (χ4n) is 0.802. The summed E-state index contributed by atoms with van der Waals surface area (Å²) in [4.78, 5) is 0. The molecule has 1 fully saturated rings. The van der Waals surface area contributed by atoms with Gasteiger partial charge in [-0.15, -0.1) is 0 Å². The second-order valence-electron chi connectivity index (χ2n) is 1.81. The molecule has 1 N–H and O–H groups in total. The summed E-state index contributed by atoms with van der Waals surface area (Å²) < 4.78 is 0. The molecule has 0 unspecified atom stereocenters. The molecule has 1 rings (SSSR count). The Morgan fingerprint density at radius 3 is 1.57 bits per heavy atom. The van der Waals surface area contributed by atoms with Crippen LogP contribution in [0.4, 0.5) is 0 Å². The van der Waals surface area contributed by atoms with Gasteiger partial charge in [-0.2, -0.15) is 0 Å². The lowest BCUT2D eigenvalue weighted by molar-refractivity contribution is 0.520. The summed E-state index contributed by atoms with van der Waals surface area (Å²) in [6, 6.07) is 0. The molecule has 0 atom stereocenters. The molecule has 1 nitrogen and oxygen atoms in total. The number of piperidine rings is 1. The van der Waals surface area contributed by atoms with Gasteiger partial charge in [-0.1, -0.05) is 6.42 Å². The Balaban J connectivity index is 0.000000360. The van der Waals surface area contributed by atoms with Crippen molar-refractivity contribution in [2.75, 3.05) is 13.1 Å². The summed E-state index contributed by atoms with van der Waals surface area (Å²) in [7, 11) is 0. The predicted octanol–water partition coefficient (Wildman–Crippen LogP) is -0.692. The zero-order chi connectivity index (χ0) is 4.24. The van der Waals surface area contributed by atoms with Crippen molar-refractivity contribution in [3.05, 3.63) is 0 Å². The first-order valence-corrected chi connectivity index (χ1v) is 2.71. The lowest BCUT2D eigenvalue weighted by Crippen LogP contribution is -2.21. The molecule has 1 aliphatic heterocycles. The van der Waals surface area contributed by atoms with Gasteiger partial charge >= 0.3 is 0 Å². The zero-order valence-corrected chi connectivity index (χ0v) is 4.04. The minimum absolute atomic E-state index is 0. The largest absolute Gasteiger partial charge is 0.317 e. The van der Waals surface area contributed by atoms with Gasteiger partial charge in [0.25, 0.3) is 0 Å². The van der Waals surface area contributed by atoms with Crippen LogP contribution in [0, 0.1) is 0 Å². The van der Waals surface area contributed by atoms with Gasteiger partial charge in [0.2, 0.25) is 0 Å². The normalized spacial score (nSPS) is 20.6. The van der Waals surface area contributed by atoms with E-state index < -0.39 is 0 Å². The molecular weight excluding hydrogens is 102 g/mol. The topological polar surface area (TPSA) is 12.0 Å². The van der Waals surface area contributed by atoms with E-state index >= 15 is 0 Å². The third-order valence-corrected chi connectivity index (χ3v) is 1.21. The number of hydrogen-bond donors (Lipinski definition) is 1. The van der Waals surface area contributed by atoms with E-state index in [4.69, 9.17) is 0 Å². The van der Waals surface area contributed by atoms with Gasteiger partial charge in [0, 0.05) is 0 Å². The van der Waals surface area contributed by atoms with Gasteiger partial charge < -0.3 is 5.32 Å². The smallest absolute Gasteiger partial charge is 0.00489 e. The highest BCUT2D eigenvalue weighted by molar-refractivity contribution is 5.75. The third kappa shape index (κ3) is 2.82. The van der Waals surface area contributed by atoms with Crippen molar-refractivity contribution in [2.24, 2.45) is 0 Å². The van der Waals surface area contributed by atoms with Crippen LogP contribution in [-0.2, 0) is 0 Å². The number of nitrogens with one attached hydrogen (secondary N) is 1. The first-order valence-electron chi connectivity index (χ1n) is 2.71. The summed E-state index contributed by atoms with van der Waals surface area (Å²) in [5.74, 6) is 0. The minimum Gasteiger partial charge on any atom is -0.317 e. The monoisotopic (exact) mass is 117 g/mol. The predicted molar refractivity (Wildman–Crippen MR) is 38.1 cm³/mol. The van der Waals surface area contributed by atoms with E-state index in [0.717, 1.165) is 0 Å². The second kappa shape index (κ2) is 4.34. The molecule has 0 aromatic carbocycles. The molecular formula is C5H15NSi. The van der Waals surface area contributed by atoms with Gasteiger partial charge in [-0.05, 0) is 36.9 Å². The van der Waals surface area contributed by atoms with Gasteiger partial charge in [0.1, 0.15) is 0 Å². The second-order valence-corrected chi connectivity index (χ2v) is 1.81. The molecule has 0 aliphatic carbocycles. The number of rotatable bonds is 0. The molecule has 44 valence electrons. The van der Waals surface area contributed by atoms with Crippen LogP contribution in [0.1, 0.15) is 19.3 Å². The maximum atomic E-state index is 3.28. The lowest BCUT2D eigenvalue weighted by Gasteiger charge is -2.08. The Hall–Kier alpha value is 0.177. The average Bonchev–Trinajstić information content (AvgIpc) is 1.72. The standard InChI is InChI=1S/C5H11N.H4Si/c1-2-4-6-5-3-1;/h6H,1-5H2;1H4. The van der Waals surface area contributed by atoms with Crippen LogP contribution in [0.15, 0.2) is 0 Å². The van der Waals surface area contributed by atoms with E-state index in [0.29, 0.717) is 0 Å². The van der Waals surface area contributed by atoms with Crippen LogP contribution in [0.3, 0.4) is 0 Å². The van der Waals surface area contributed by atoms with E-state index in [9.17, 15) is 0 Å². The summed E-state index contributed by atoms with van der Waals surface area (Å²) in [5, 5.41) is 3.28. The molecule has 0 radical (unpaired) electrons. The van der Waals surface area contributed by atoms with Gasteiger partial charge in [-0.25, -0.2) is 0 Å². The molecule has 0 aromatic rings. The molecule has 0 spiro atoms. The lowest BCUT2D eigenvalue weighted by atomic mass is 10.2. The fourth-order valence-corrected chi connectivity index (χ4v) is 0.802. The van der Waals surface area contributed by atoms with Crippen molar-refractivity contribution < 1.29 is 0 Å². The summed E-state index contributed by atoms with van der Waals surface area (Å²) in [6.07, 6.45) is 4.22. The SMILES string of the molecule is C1CCNCC1.[SiH4].